The highest BCUT2D eigenvalue weighted by Crippen LogP contribution is 2.13. The smallest absolute Gasteiger partial charge is 0.244 e. The molecule has 0 spiro atoms. The van der Waals surface area contributed by atoms with E-state index in [0.29, 0.717) is 17.1 Å². The van der Waals surface area contributed by atoms with Gasteiger partial charge in [-0.2, -0.15) is 0 Å². The molecule has 2 N–H and O–H groups in total. The van der Waals surface area contributed by atoms with Crippen molar-refractivity contribution in [2.75, 3.05) is 0 Å². The molecule has 9 heteroatoms. The van der Waals surface area contributed by atoms with E-state index in [1.54, 1.807) is 20.0 Å². The topological polar surface area (TPSA) is 102 Å². The van der Waals surface area contributed by atoms with Crippen LogP contribution < -0.4 is 10.9 Å². The van der Waals surface area contributed by atoms with Crippen LogP contribution in [0.5, 0.6) is 0 Å². The average molecular weight is 333 g/mol. The van der Waals surface area contributed by atoms with E-state index in [-0.39, 0.29) is 24.7 Å². The van der Waals surface area contributed by atoms with Crippen LogP contribution in [0.4, 0.5) is 0 Å². The number of hydrogen-bond donors (Lipinski definition) is 2. The van der Waals surface area contributed by atoms with Gasteiger partial charge in [-0.3, -0.25) is 24.8 Å². The standard InChI is InChI=1S/C14H15N5O3S/c1-8-11(9(2)22-18-8)6-13(21)17-16-12(20)5-10-7-19-3-4-23-14(19)15-10/h3-4,7H,5-6H2,1-2H3,(H,16,20)(H,17,21). The van der Waals surface area contributed by atoms with Gasteiger partial charge in [0.05, 0.1) is 24.2 Å². The van der Waals surface area contributed by atoms with Crippen molar-refractivity contribution in [2.45, 2.75) is 26.7 Å². The minimum absolute atomic E-state index is 0.0972. The molecule has 0 aromatic carbocycles. The number of thiazole rings is 1. The fourth-order valence-electron chi connectivity index (χ4n) is 2.17. The number of carbonyl (C=O) groups is 2. The van der Waals surface area contributed by atoms with Crippen molar-refractivity contribution in [2.24, 2.45) is 0 Å². The molecule has 0 aliphatic rings. The monoisotopic (exact) mass is 333 g/mol. The first-order valence-corrected chi connectivity index (χ1v) is 7.81. The number of nitrogens with zero attached hydrogens (tertiary/aromatic N) is 3. The lowest BCUT2D eigenvalue weighted by Gasteiger charge is -2.06. The predicted octanol–water partition coefficient (Wildman–Crippen LogP) is 0.933. The molecule has 0 aliphatic carbocycles. The molecule has 3 rings (SSSR count). The molecule has 3 heterocycles. The lowest BCUT2D eigenvalue weighted by Crippen LogP contribution is -2.43. The number of imidazole rings is 1. The quantitative estimate of drug-likeness (QED) is 0.692. The first kappa shape index (κ1) is 15.2. The van der Waals surface area contributed by atoms with Gasteiger partial charge in [-0.15, -0.1) is 11.3 Å². The Labute approximate surface area is 135 Å². The van der Waals surface area contributed by atoms with E-state index in [1.165, 1.54) is 11.3 Å². The van der Waals surface area contributed by atoms with Gasteiger partial charge in [-0.1, -0.05) is 5.16 Å². The van der Waals surface area contributed by atoms with Crippen LogP contribution in [0.1, 0.15) is 22.7 Å². The minimum atomic E-state index is -0.335. The molecule has 0 atom stereocenters. The van der Waals surface area contributed by atoms with E-state index >= 15 is 0 Å². The third-order valence-corrected chi connectivity index (χ3v) is 4.12. The summed E-state index contributed by atoms with van der Waals surface area (Å²) < 4.78 is 6.85. The largest absolute Gasteiger partial charge is 0.361 e. The highest BCUT2D eigenvalue weighted by Gasteiger charge is 2.14. The predicted molar refractivity (Wildman–Crippen MR) is 82.7 cm³/mol. The number of hydrogen-bond acceptors (Lipinski definition) is 6. The summed E-state index contributed by atoms with van der Waals surface area (Å²) >= 11 is 1.49. The van der Waals surface area contributed by atoms with Crippen LogP contribution in [0.15, 0.2) is 22.3 Å². The maximum atomic E-state index is 11.9. The van der Waals surface area contributed by atoms with Crippen molar-refractivity contribution >= 4 is 28.1 Å². The molecular weight excluding hydrogens is 318 g/mol. The molecular formula is C14H15N5O3S. The van der Waals surface area contributed by atoms with Crippen LogP contribution in [0.3, 0.4) is 0 Å². The molecule has 0 aliphatic heterocycles. The third-order valence-electron chi connectivity index (χ3n) is 3.34. The van der Waals surface area contributed by atoms with Gasteiger partial charge in [-0.25, -0.2) is 4.98 Å². The summed E-state index contributed by atoms with van der Waals surface area (Å²) in [5.41, 5.74) is 6.81. The van der Waals surface area contributed by atoms with Gasteiger partial charge in [0.2, 0.25) is 11.8 Å². The Kier molecular flexibility index (Phi) is 4.11. The molecule has 120 valence electrons. The van der Waals surface area contributed by atoms with Gasteiger partial charge in [-0.05, 0) is 13.8 Å². The summed E-state index contributed by atoms with van der Waals surface area (Å²) in [5.74, 6) is -0.0662. The fraction of sp³-hybridized carbons (Fsp3) is 0.286. The molecule has 3 aromatic heterocycles. The van der Waals surface area contributed by atoms with Crippen molar-refractivity contribution in [3.63, 3.8) is 0 Å². The Morgan fingerprint density at radius 2 is 2.00 bits per heavy atom. The lowest BCUT2D eigenvalue weighted by atomic mass is 10.1. The average Bonchev–Trinajstić information content (AvgIpc) is 3.16. The number of aryl methyl sites for hydroxylation is 2. The van der Waals surface area contributed by atoms with E-state index in [1.807, 2.05) is 16.0 Å². The van der Waals surface area contributed by atoms with Gasteiger partial charge in [0, 0.05) is 23.3 Å². The van der Waals surface area contributed by atoms with Crippen molar-refractivity contribution in [3.05, 3.63) is 40.5 Å². The van der Waals surface area contributed by atoms with Crippen LogP contribution >= 0.6 is 11.3 Å². The molecule has 0 saturated carbocycles. The Hall–Kier alpha value is -2.68. The Bertz CT molecular complexity index is 815. The molecule has 0 bridgehead atoms. The van der Waals surface area contributed by atoms with Crippen LogP contribution in [0, 0.1) is 13.8 Å². The zero-order chi connectivity index (χ0) is 16.4. The van der Waals surface area contributed by atoms with Crippen LogP contribution in [0.2, 0.25) is 0 Å². The number of hydrazine groups is 1. The normalized spacial score (nSPS) is 10.9. The third kappa shape index (κ3) is 3.39. The Morgan fingerprint density at radius 3 is 2.65 bits per heavy atom. The fourth-order valence-corrected chi connectivity index (χ4v) is 2.89. The highest BCUT2D eigenvalue weighted by molar-refractivity contribution is 7.15. The summed E-state index contributed by atoms with van der Waals surface area (Å²) in [4.78, 5) is 28.8. The molecule has 23 heavy (non-hydrogen) atoms. The number of fused-ring (bicyclic) bond motifs is 1. The van der Waals surface area contributed by atoms with E-state index < -0.39 is 0 Å². The van der Waals surface area contributed by atoms with Crippen LogP contribution in [0.25, 0.3) is 4.96 Å². The summed E-state index contributed by atoms with van der Waals surface area (Å²) in [7, 11) is 0. The molecule has 3 aromatic rings. The van der Waals surface area contributed by atoms with Gasteiger partial charge in [0.15, 0.2) is 4.96 Å². The molecule has 0 radical (unpaired) electrons. The highest BCUT2D eigenvalue weighted by atomic mass is 32.1. The molecule has 0 unspecified atom stereocenters. The van der Waals surface area contributed by atoms with Gasteiger partial charge < -0.3 is 4.52 Å². The molecule has 2 amide bonds. The summed E-state index contributed by atoms with van der Waals surface area (Å²) in [5, 5.41) is 5.70. The van der Waals surface area contributed by atoms with Gasteiger partial charge >= 0.3 is 0 Å². The van der Waals surface area contributed by atoms with Gasteiger partial charge in [0.25, 0.3) is 0 Å². The Morgan fingerprint density at radius 1 is 1.26 bits per heavy atom. The second-order valence-corrected chi connectivity index (χ2v) is 5.95. The SMILES string of the molecule is Cc1noc(C)c1CC(=O)NNC(=O)Cc1cn2ccsc2n1. The van der Waals surface area contributed by atoms with Gasteiger partial charge in [0.1, 0.15) is 5.76 Å². The first-order chi connectivity index (χ1) is 11.0. The maximum Gasteiger partial charge on any atom is 0.244 e. The Balaban J connectivity index is 1.50. The van der Waals surface area contributed by atoms with E-state index in [9.17, 15) is 9.59 Å². The molecule has 0 saturated heterocycles. The zero-order valence-corrected chi connectivity index (χ0v) is 13.4. The number of carbonyl (C=O) groups excluding carboxylic acids is 2. The lowest BCUT2D eigenvalue weighted by molar-refractivity contribution is -0.128. The molecule has 8 nitrogen and oxygen atoms in total. The molecule has 0 fully saturated rings. The van der Waals surface area contributed by atoms with Crippen LogP contribution in [-0.4, -0.2) is 26.4 Å². The van der Waals surface area contributed by atoms with E-state index in [0.717, 1.165) is 10.5 Å². The van der Waals surface area contributed by atoms with E-state index in [4.69, 9.17) is 4.52 Å². The zero-order valence-electron chi connectivity index (χ0n) is 12.6. The summed E-state index contributed by atoms with van der Waals surface area (Å²) in [6, 6.07) is 0. The number of rotatable bonds is 4. The van der Waals surface area contributed by atoms with Crippen molar-refractivity contribution in [1.82, 2.24) is 25.4 Å². The van der Waals surface area contributed by atoms with Crippen LogP contribution in [-0.2, 0) is 22.4 Å². The van der Waals surface area contributed by atoms with Crippen molar-refractivity contribution < 1.29 is 14.1 Å². The summed E-state index contributed by atoms with van der Waals surface area (Å²) in [6.45, 7) is 3.51. The first-order valence-electron chi connectivity index (χ1n) is 6.93. The second kappa shape index (κ2) is 6.21. The van der Waals surface area contributed by atoms with Crippen molar-refractivity contribution in [1.29, 1.82) is 0 Å². The minimum Gasteiger partial charge on any atom is -0.361 e. The number of amides is 2. The second-order valence-electron chi connectivity index (χ2n) is 5.08. The van der Waals surface area contributed by atoms with Crippen molar-refractivity contribution in [3.8, 4) is 0 Å². The summed E-state index contributed by atoms with van der Waals surface area (Å²) in [6.07, 6.45) is 3.86. The maximum absolute atomic E-state index is 11.9. The van der Waals surface area contributed by atoms with E-state index in [2.05, 4.69) is 21.0 Å². The number of aromatic nitrogens is 3. The number of nitrogens with one attached hydrogen (secondary N) is 2.